The molecule has 0 aromatic carbocycles. The minimum Gasteiger partial charge on any atom is -0.395 e. The van der Waals surface area contributed by atoms with E-state index in [1.807, 2.05) is 11.3 Å². The molecular weight excluding hydrogens is 232 g/mol. The van der Waals surface area contributed by atoms with Crippen LogP contribution in [0.4, 0.5) is 0 Å². The molecule has 3 nitrogen and oxygen atoms in total. The zero-order valence-corrected chi connectivity index (χ0v) is 11.5. The van der Waals surface area contributed by atoms with Crippen molar-refractivity contribution in [3.8, 4) is 0 Å². The number of nitrogens with zero attached hydrogens (tertiary/aromatic N) is 1. The van der Waals surface area contributed by atoms with Crippen molar-refractivity contribution in [3.63, 3.8) is 0 Å². The maximum Gasteiger partial charge on any atom is 0.0928 e. The number of fused-ring (bicyclic) bond motifs is 1. The number of hydrogen-bond acceptors (Lipinski definition) is 4. The lowest BCUT2D eigenvalue weighted by Gasteiger charge is -2.26. The van der Waals surface area contributed by atoms with Gasteiger partial charge in [0.05, 0.1) is 17.3 Å². The number of aliphatic hydroxyl groups excluding tert-OH is 1. The van der Waals surface area contributed by atoms with Crippen LogP contribution in [0.15, 0.2) is 0 Å². The Morgan fingerprint density at radius 2 is 2.35 bits per heavy atom. The van der Waals surface area contributed by atoms with Gasteiger partial charge in [-0.25, -0.2) is 4.98 Å². The summed E-state index contributed by atoms with van der Waals surface area (Å²) in [5, 5.41) is 14.1. The molecule has 2 N–H and O–H groups in total. The molecule has 4 heteroatoms. The molecule has 2 atom stereocenters. The van der Waals surface area contributed by atoms with Gasteiger partial charge in [-0.05, 0) is 32.1 Å². The van der Waals surface area contributed by atoms with E-state index in [9.17, 15) is 5.11 Å². The Kier molecular flexibility index (Phi) is 4.54. The summed E-state index contributed by atoms with van der Waals surface area (Å²) in [5.41, 5.74) is 1.29. The van der Waals surface area contributed by atoms with E-state index in [-0.39, 0.29) is 12.6 Å². The average molecular weight is 254 g/mol. The monoisotopic (exact) mass is 254 g/mol. The van der Waals surface area contributed by atoms with Crippen molar-refractivity contribution in [1.82, 2.24) is 10.3 Å². The normalized spacial score (nSPS) is 21.2. The quantitative estimate of drug-likeness (QED) is 0.848. The number of aryl methyl sites for hydroxylation is 2. The lowest BCUT2D eigenvalue weighted by molar-refractivity contribution is 0.224. The van der Waals surface area contributed by atoms with E-state index >= 15 is 0 Å². The van der Waals surface area contributed by atoms with E-state index in [1.54, 1.807) is 0 Å². The highest BCUT2D eigenvalue weighted by Crippen LogP contribution is 2.34. The van der Waals surface area contributed by atoms with Crippen LogP contribution in [0, 0.1) is 0 Å². The molecule has 0 bridgehead atoms. The number of aliphatic hydroxyl groups is 1. The van der Waals surface area contributed by atoms with Gasteiger partial charge in [0.15, 0.2) is 0 Å². The summed E-state index contributed by atoms with van der Waals surface area (Å²) in [6.45, 7) is 4.50. The molecule has 96 valence electrons. The smallest absolute Gasteiger partial charge is 0.0928 e. The third kappa shape index (κ3) is 2.87. The second kappa shape index (κ2) is 5.94. The topological polar surface area (TPSA) is 45.2 Å². The van der Waals surface area contributed by atoms with E-state index in [0.29, 0.717) is 6.04 Å². The molecule has 0 aliphatic heterocycles. The fourth-order valence-electron chi connectivity index (χ4n) is 2.36. The van der Waals surface area contributed by atoms with Crippen LogP contribution in [0.1, 0.15) is 54.7 Å². The highest BCUT2D eigenvalue weighted by atomic mass is 32.1. The largest absolute Gasteiger partial charge is 0.395 e. The Labute approximate surface area is 107 Å². The second-order valence-electron chi connectivity index (χ2n) is 4.67. The molecule has 1 heterocycles. The van der Waals surface area contributed by atoms with Crippen molar-refractivity contribution in [2.75, 3.05) is 6.61 Å². The van der Waals surface area contributed by atoms with Gasteiger partial charge in [-0.2, -0.15) is 0 Å². The van der Waals surface area contributed by atoms with Crippen LogP contribution in [0.5, 0.6) is 0 Å². The zero-order valence-electron chi connectivity index (χ0n) is 10.7. The van der Waals surface area contributed by atoms with Crippen molar-refractivity contribution in [1.29, 1.82) is 0 Å². The summed E-state index contributed by atoms with van der Waals surface area (Å²) in [6.07, 6.45) is 5.51. The van der Waals surface area contributed by atoms with Crippen LogP contribution in [-0.4, -0.2) is 22.7 Å². The predicted octanol–water partition coefficient (Wildman–Crippen LogP) is 2.44. The van der Waals surface area contributed by atoms with Crippen LogP contribution in [0.2, 0.25) is 0 Å². The lowest BCUT2D eigenvalue weighted by atomic mass is 9.97. The lowest BCUT2D eigenvalue weighted by Crippen LogP contribution is -2.36. The molecule has 1 aliphatic carbocycles. The van der Waals surface area contributed by atoms with Crippen molar-refractivity contribution < 1.29 is 5.11 Å². The summed E-state index contributed by atoms with van der Waals surface area (Å²) < 4.78 is 0. The van der Waals surface area contributed by atoms with E-state index < -0.39 is 0 Å². The van der Waals surface area contributed by atoms with Crippen LogP contribution in [0.3, 0.4) is 0 Å². The van der Waals surface area contributed by atoms with E-state index in [1.165, 1.54) is 28.4 Å². The van der Waals surface area contributed by atoms with Crippen molar-refractivity contribution in [2.24, 2.45) is 0 Å². The number of hydrogen-bond donors (Lipinski definition) is 2. The van der Waals surface area contributed by atoms with Gasteiger partial charge in [0, 0.05) is 17.0 Å². The molecule has 0 saturated heterocycles. The number of aromatic nitrogens is 1. The zero-order chi connectivity index (χ0) is 12.3. The maximum absolute atomic E-state index is 9.28. The summed E-state index contributed by atoms with van der Waals surface area (Å²) in [5.74, 6) is 0. The molecule has 1 aliphatic rings. The number of nitrogens with one attached hydrogen (secondary N) is 1. The summed E-state index contributed by atoms with van der Waals surface area (Å²) >= 11 is 1.85. The van der Waals surface area contributed by atoms with Crippen molar-refractivity contribution >= 4 is 11.3 Å². The van der Waals surface area contributed by atoms with Crippen LogP contribution < -0.4 is 5.32 Å². The van der Waals surface area contributed by atoms with E-state index in [0.717, 1.165) is 19.3 Å². The molecule has 1 aromatic heterocycles. The van der Waals surface area contributed by atoms with Gasteiger partial charge >= 0.3 is 0 Å². The Bertz CT molecular complexity index is 360. The number of rotatable bonds is 5. The molecule has 1 aromatic rings. The van der Waals surface area contributed by atoms with Gasteiger partial charge in [0.1, 0.15) is 0 Å². The third-order valence-corrected chi connectivity index (χ3v) is 4.80. The van der Waals surface area contributed by atoms with Crippen molar-refractivity contribution in [3.05, 3.63) is 15.6 Å². The molecule has 0 radical (unpaired) electrons. The van der Waals surface area contributed by atoms with Gasteiger partial charge in [-0.15, -0.1) is 11.3 Å². The minimum atomic E-state index is 0.220. The molecule has 0 fully saturated rings. The van der Waals surface area contributed by atoms with Gasteiger partial charge in [-0.1, -0.05) is 13.8 Å². The standard InChI is InChI=1S/C13H22N2OS/c1-3-9(8-16)14-10-6-5-7-11-13(10)17-12(4-2)15-11/h9-10,14,16H,3-8H2,1-2H3. The average Bonchev–Trinajstić information content (AvgIpc) is 2.79. The first-order valence-corrected chi connectivity index (χ1v) is 7.45. The summed E-state index contributed by atoms with van der Waals surface area (Å²) in [7, 11) is 0. The third-order valence-electron chi connectivity index (χ3n) is 3.45. The highest BCUT2D eigenvalue weighted by molar-refractivity contribution is 7.11. The van der Waals surface area contributed by atoms with Gasteiger partial charge in [0.2, 0.25) is 0 Å². The first-order chi connectivity index (χ1) is 8.28. The molecule has 0 spiro atoms. The predicted molar refractivity (Wildman–Crippen MR) is 71.5 cm³/mol. The Balaban J connectivity index is 2.13. The van der Waals surface area contributed by atoms with E-state index in [4.69, 9.17) is 4.98 Å². The van der Waals surface area contributed by atoms with Crippen LogP contribution in [0.25, 0.3) is 0 Å². The molecule has 2 unspecified atom stereocenters. The molecule has 0 saturated carbocycles. The molecule has 2 rings (SSSR count). The minimum absolute atomic E-state index is 0.220. The summed E-state index contributed by atoms with van der Waals surface area (Å²) in [4.78, 5) is 6.11. The molecule has 0 amide bonds. The second-order valence-corrected chi connectivity index (χ2v) is 5.79. The van der Waals surface area contributed by atoms with Crippen LogP contribution >= 0.6 is 11.3 Å². The van der Waals surface area contributed by atoms with E-state index in [2.05, 4.69) is 19.2 Å². The van der Waals surface area contributed by atoms with Gasteiger partial charge < -0.3 is 10.4 Å². The number of thiazole rings is 1. The molecular formula is C13H22N2OS. The first kappa shape index (κ1) is 13.0. The summed E-state index contributed by atoms with van der Waals surface area (Å²) in [6, 6.07) is 0.631. The Hall–Kier alpha value is -0.450. The Morgan fingerprint density at radius 3 is 3.00 bits per heavy atom. The van der Waals surface area contributed by atoms with Crippen LogP contribution in [-0.2, 0) is 12.8 Å². The fraction of sp³-hybridized carbons (Fsp3) is 0.769. The van der Waals surface area contributed by atoms with Gasteiger partial charge in [-0.3, -0.25) is 0 Å². The first-order valence-electron chi connectivity index (χ1n) is 6.63. The highest BCUT2D eigenvalue weighted by Gasteiger charge is 2.25. The Morgan fingerprint density at radius 1 is 1.53 bits per heavy atom. The maximum atomic E-state index is 9.28. The van der Waals surface area contributed by atoms with Crippen molar-refractivity contribution in [2.45, 2.75) is 58.0 Å². The van der Waals surface area contributed by atoms with Gasteiger partial charge in [0.25, 0.3) is 0 Å². The fourth-order valence-corrected chi connectivity index (χ4v) is 3.51. The SMILES string of the molecule is CCc1nc2c(s1)C(NC(CC)CO)CCC2. The molecule has 17 heavy (non-hydrogen) atoms.